The Labute approximate surface area is 162 Å². The predicted molar refractivity (Wildman–Crippen MR) is 107 cm³/mol. The van der Waals surface area contributed by atoms with E-state index in [0.29, 0.717) is 37.2 Å². The molecule has 2 rings (SSSR count). The quantitative estimate of drug-likeness (QED) is 0.389. The molecule has 0 radical (unpaired) electrons. The van der Waals surface area contributed by atoms with Crippen molar-refractivity contribution in [3.8, 4) is 17.2 Å². The van der Waals surface area contributed by atoms with E-state index in [-0.39, 0.29) is 0 Å². The second kappa shape index (κ2) is 10.6. The van der Waals surface area contributed by atoms with Gasteiger partial charge in [0.2, 0.25) is 0 Å². The summed E-state index contributed by atoms with van der Waals surface area (Å²) < 4.78 is 17.2. The second-order valence-electron chi connectivity index (χ2n) is 5.33. The van der Waals surface area contributed by atoms with Crippen molar-refractivity contribution in [2.75, 3.05) is 34.4 Å². The van der Waals surface area contributed by atoms with E-state index < -0.39 is 0 Å². The highest BCUT2D eigenvalue weighted by molar-refractivity contribution is 9.10. The van der Waals surface area contributed by atoms with E-state index in [2.05, 4.69) is 31.6 Å². The maximum absolute atomic E-state index is 5.65. The van der Waals surface area contributed by atoms with Crippen LogP contribution in [0, 0.1) is 0 Å². The van der Waals surface area contributed by atoms with Gasteiger partial charge in [-0.15, -0.1) is 0 Å². The first kappa shape index (κ1) is 19.9. The number of nitrogens with one attached hydrogen (secondary N) is 2. The first-order valence-electron chi connectivity index (χ1n) is 8.20. The van der Waals surface area contributed by atoms with Gasteiger partial charge in [0.15, 0.2) is 17.5 Å². The van der Waals surface area contributed by atoms with E-state index in [9.17, 15) is 0 Å². The van der Waals surface area contributed by atoms with Crippen molar-refractivity contribution in [1.29, 1.82) is 0 Å². The minimum atomic E-state index is 0.548. The number of ether oxygens (including phenoxy) is 3. The van der Waals surface area contributed by atoms with Crippen molar-refractivity contribution in [2.45, 2.75) is 6.54 Å². The van der Waals surface area contributed by atoms with Gasteiger partial charge in [-0.3, -0.25) is 4.99 Å². The van der Waals surface area contributed by atoms with Crippen LogP contribution in [-0.4, -0.2) is 40.4 Å². The van der Waals surface area contributed by atoms with Crippen LogP contribution < -0.4 is 24.8 Å². The average Bonchev–Trinajstić information content (AvgIpc) is 2.67. The maximum atomic E-state index is 5.65. The van der Waals surface area contributed by atoms with Crippen LogP contribution in [0.25, 0.3) is 0 Å². The number of methoxy groups -OCH3 is 2. The maximum Gasteiger partial charge on any atom is 0.191 e. The van der Waals surface area contributed by atoms with Gasteiger partial charge in [0.05, 0.1) is 25.2 Å². The molecule has 2 aromatic rings. The largest absolute Gasteiger partial charge is 0.493 e. The Kier molecular flexibility index (Phi) is 8.08. The van der Waals surface area contributed by atoms with Gasteiger partial charge in [-0.2, -0.15) is 0 Å². The van der Waals surface area contributed by atoms with Crippen LogP contribution in [-0.2, 0) is 6.54 Å². The van der Waals surface area contributed by atoms with Crippen molar-refractivity contribution in [3.63, 3.8) is 0 Å². The summed E-state index contributed by atoms with van der Waals surface area (Å²) in [4.78, 5) is 4.22. The predicted octanol–water partition coefficient (Wildman–Crippen LogP) is 3.21. The molecule has 0 aliphatic heterocycles. The third-order valence-corrected chi connectivity index (χ3v) is 4.17. The zero-order valence-corrected chi connectivity index (χ0v) is 16.8. The summed E-state index contributed by atoms with van der Waals surface area (Å²) in [5, 5.41) is 6.49. The Bertz CT molecular complexity index is 723. The lowest BCUT2D eigenvalue weighted by Crippen LogP contribution is -2.38. The molecule has 6 nitrogen and oxygen atoms in total. The van der Waals surface area contributed by atoms with Gasteiger partial charge in [-0.05, 0) is 45.8 Å². The summed E-state index contributed by atoms with van der Waals surface area (Å²) in [7, 11) is 4.97. The molecule has 0 saturated carbocycles. The van der Waals surface area contributed by atoms with Gasteiger partial charge in [0, 0.05) is 13.6 Å². The highest BCUT2D eigenvalue weighted by Gasteiger charge is 2.10. The van der Waals surface area contributed by atoms with Crippen LogP contribution in [0.1, 0.15) is 5.56 Å². The van der Waals surface area contributed by atoms with Crippen LogP contribution in [0.3, 0.4) is 0 Å². The molecule has 26 heavy (non-hydrogen) atoms. The molecule has 2 aromatic carbocycles. The van der Waals surface area contributed by atoms with Gasteiger partial charge >= 0.3 is 0 Å². The van der Waals surface area contributed by atoms with E-state index in [1.165, 1.54) is 0 Å². The van der Waals surface area contributed by atoms with E-state index in [1.54, 1.807) is 21.3 Å². The zero-order chi connectivity index (χ0) is 18.8. The third-order valence-electron chi connectivity index (χ3n) is 3.58. The highest BCUT2D eigenvalue weighted by atomic mass is 79.9. The van der Waals surface area contributed by atoms with E-state index >= 15 is 0 Å². The smallest absolute Gasteiger partial charge is 0.191 e. The number of nitrogens with zero attached hydrogens (tertiary/aromatic N) is 1. The lowest BCUT2D eigenvalue weighted by molar-refractivity contribution is 0.322. The highest BCUT2D eigenvalue weighted by Crippen LogP contribution is 2.36. The Morgan fingerprint density at radius 3 is 2.50 bits per heavy atom. The third kappa shape index (κ3) is 5.84. The van der Waals surface area contributed by atoms with Gasteiger partial charge in [0.1, 0.15) is 12.4 Å². The summed E-state index contributed by atoms with van der Waals surface area (Å²) in [6.45, 7) is 1.79. The Morgan fingerprint density at radius 2 is 1.85 bits per heavy atom. The van der Waals surface area contributed by atoms with E-state index in [4.69, 9.17) is 14.2 Å². The number of rotatable bonds is 8. The summed E-state index contributed by atoms with van der Waals surface area (Å²) >= 11 is 3.50. The number of hydrogen-bond donors (Lipinski definition) is 2. The van der Waals surface area contributed by atoms with Gasteiger partial charge in [-0.1, -0.05) is 18.2 Å². The normalized spacial score (nSPS) is 11.0. The topological polar surface area (TPSA) is 64.1 Å². The summed E-state index contributed by atoms with van der Waals surface area (Å²) in [6.07, 6.45) is 0. The number of benzene rings is 2. The van der Waals surface area contributed by atoms with Crippen LogP contribution in [0.15, 0.2) is 51.9 Å². The molecule has 2 N–H and O–H groups in total. The molecular weight excluding hydrogens is 398 g/mol. The summed E-state index contributed by atoms with van der Waals surface area (Å²) in [5.41, 5.74) is 1.04. The minimum absolute atomic E-state index is 0.548. The molecule has 0 heterocycles. The Morgan fingerprint density at radius 1 is 1.08 bits per heavy atom. The fourth-order valence-electron chi connectivity index (χ4n) is 2.33. The van der Waals surface area contributed by atoms with Gasteiger partial charge in [0.25, 0.3) is 0 Å². The molecule has 0 amide bonds. The summed E-state index contributed by atoms with van der Waals surface area (Å²) in [6, 6.07) is 13.6. The number of para-hydroxylation sites is 1. The van der Waals surface area contributed by atoms with E-state index in [1.807, 2.05) is 42.5 Å². The number of hydrogen-bond acceptors (Lipinski definition) is 4. The molecule has 0 fully saturated rings. The Balaban J connectivity index is 1.82. The minimum Gasteiger partial charge on any atom is -0.493 e. The van der Waals surface area contributed by atoms with Crippen molar-refractivity contribution < 1.29 is 14.2 Å². The molecule has 0 bridgehead atoms. The van der Waals surface area contributed by atoms with Crippen molar-refractivity contribution in [3.05, 3.63) is 52.5 Å². The average molecular weight is 422 g/mol. The standard InChI is InChI=1S/C19H24BrN3O3/c1-21-19(22-9-10-26-15-7-5-4-6-8-15)23-13-14-11-16(20)18(25-3)17(12-14)24-2/h4-8,11-12H,9-10,13H2,1-3H3,(H2,21,22,23). The van der Waals surface area contributed by atoms with Gasteiger partial charge in [-0.25, -0.2) is 0 Å². The van der Waals surface area contributed by atoms with Crippen molar-refractivity contribution >= 4 is 21.9 Å². The first-order chi connectivity index (χ1) is 12.7. The first-order valence-corrected chi connectivity index (χ1v) is 9.00. The van der Waals surface area contributed by atoms with Crippen molar-refractivity contribution in [1.82, 2.24) is 10.6 Å². The summed E-state index contributed by atoms with van der Waals surface area (Å²) in [5.74, 6) is 2.91. The molecule has 0 aliphatic carbocycles. The lowest BCUT2D eigenvalue weighted by atomic mass is 10.2. The molecular formula is C19H24BrN3O3. The molecule has 0 spiro atoms. The second-order valence-corrected chi connectivity index (χ2v) is 6.18. The van der Waals surface area contributed by atoms with Gasteiger partial charge < -0.3 is 24.8 Å². The molecule has 0 saturated heterocycles. The van der Waals surface area contributed by atoms with Crippen LogP contribution in [0.5, 0.6) is 17.2 Å². The molecule has 0 aliphatic rings. The molecule has 0 unspecified atom stereocenters. The Hall–Kier alpha value is -2.41. The molecule has 0 atom stereocenters. The molecule has 140 valence electrons. The molecule has 0 aromatic heterocycles. The zero-order valence-electron chi connectivity index (χ0n) is 15.2. The van der Waals surface area contributed by atoms with Crippen LogP contribution >= 0.6 is 15.9 Å². The lowest BCUT2D eigenvalue weighted by Gasteiger charge is -2.15. The van der Waals surface area contributed by atoms with E-state index in [0.717, 1.165) is 15.8 Å². The molecule has 7 heteroatoms. The van der Waals surface area contributed by atoms with Crippen LogP contribution in [0.4, 0.5) is 0 Å². The fraction of sp³-hybridized carbons (Fsp3) is 0.316. The van der Waals surface area contributed by atoms with Crippen LogP contribution in [0.2, 0.25) is 0 Å². The number of aliphatic imine (C=N–C) groups is 1. The fourth-order valence-corrected chi connectivity index (χ4v) is 2.99. The number of halogens is 1. The van der Waals surface area contributed by atoms with Crippen molar-refractivity contribution in [2.24, 2.45) is 4.99 Å². The SMILES string of the molecule is CN=C(NCCOc1ccccc1)NCc1cc(Br)c(OC)c(OC)c1. The number of guanidine groups is 1. The monoisotopic (exact) mass is 421 g/mol.